The number of benzene rings is 1. The normalized spacial score (nSPS) is 13.3. The topological polar surface area (TPSA) is 84.9 Å². The van der Waals surface area contributed by atoms with E-state index in [1.807, 2.05) is 6.07 Å². The molecule has 0 saturated carbocycles. The summed E-state index contributed by atoms with van der Waals surface area (Å²) in [5.41, 5.74) is -0.141. The Bertz CT molecular complexity index is 503. The van der Waals surface area contributed by atoms with Crippen molar-refractivity contribution in [1.82, 2.24) is 5.32 Å². The van der Waals surface area contributed by atoms with Gasteiger partial charge in [-0.2, -0.15) is 0 Å². The molecule has 21 heavy (non-hydrogen) atoms. The Hall–Kier alpha value is -2.08. The van der Waals surface area contributed by atoms with E-state index in [-0.39, 0.29) is 25.4 Å². The third-order valence-electron chi connectivity index (χ3n) is 2.94. The maximum absolute atomic E-state index is 12.1. The second-order valence-electron chi connectivity index (χ2n) is 5.14. The van der Waals surface area contributed by atoms with Crippen molar-refractivity contribution < 1.29 is 24.2 Å². The number of amides is 1. The maximum atomic E-state index is 12.1. The number of carbonyl (C=O) groups is 2. The summed E-state index contributed by atoms with van der Waals surface area (Å²) < 4.78 is 10.1. The quantitative estimate of drug-likeness (QED) is 0.753. The van der Waals surface area contributed by atoms with Crippen LogP contribution >= 0.6 is 0 Å². The molecule has 1 rings (SSSR count). The number of carboxylic acid groups (broad SMARTS) is 1. The number of carboxylic acids is 1. The molecule has 1 aromatic rings. The van der Waals surface area contributed by atoms with Crippen LogP contribution in [-0.4, -0.2) is 43.3 Å². The Balaban J connectivity index is 2.71. The van der Waals surface area contributed by atoms with Gasteiger partial charge in [0.2, 0.25) is 5.91 Å². The van der Waals surface area contributed by atoms with Gasteiger partial charge in [-0.25, -0.2) is 0 Å². The van der Waals surface area contributed by atoms with Gasteiger partial charge in [-0.1, -0.05) is 12.1 Å². The lowest BCUT2D eigenvalue weighted by atomic mass is 9.98. The predicted octanol–water partition coefficient (Wildman–Crippen LogP) is 1.23. The second kappa shape index (κ2) is 7.64. The van der Waals surface area contributed by atoms with E-state index in [2.05, 4.69) is 5.32 Å². The van der Waals surface area contributed by atoms with E-state index < -0.39 is 11.5 Å². The first-order chi connectivity index (χ1) is 9.88. The van der Waals surface area contributed by atoms with Crippen molar-refractivity contribution in [2.45, 2.75) is 25.3 Å². The van der Waals surface area contributed by atoms with E-state index in [1.54, 1.807) is 32.2 Å². The van der Waals surface area contributed by atoms with Gasteiger partial charge < -0.3 is 19.9 Å². The molecular formula is C15H21NO5. The van der Waals surface area contributed by atoms with E-state index in [4.69, 9.17) is 14.6 Å². The lowest BCUT2D eigenvalue weighted by Crippen LogP contribution is -2.51. The first-order valence-corrected chi connectivity index (χ1v) is 6.53. The zero-order valence-electron chi connectivity index (χ0n) is 12.5. The molecule has 1 amide bonds. The van der Waals surface area contributed by atoms with E-state index in [0.717, 1.165) is 5.56 Å². The maximum Gasteiger partial charge on any atom is 0.305 e. The number of nitrogens with one attached hydrogen (secondary N) is 1. The molecule has 1 atom stereocenters. The van der Waals surface area contributed by atoms with Crippen molar-refractivity contribution in [3.63, 3.8) is 0 Å². The first kappa shape index (κ1) is 17.0. The molecule has 0 heterocycles. The summed E-state index contributed by atoms with van der Waals surface area (Å²) in [5.74, 6) is -0.578. The minimum Gasteiger partial charge on any atom is -0.497 e. The fourth-order valence-electron chi connectivity index (χ4n) is 2.13. The molecule has 0 aliphatic heterocycles. The van der Waals surface area contributed by atoms with Crippen molar-refractivity contribution in [1.29, 1.82) is 0 Å². The lowest BCUT2D eigenvalue weighted by molar-refractivity contribution is -0.139. The van der Waals surface area contributed by atoms with Gasteiger partial charge in [0.25, 0.3) is 0 Å². The average Bonchev–Trinajstić information content (AvgIpc) is 2.37. The van der Waals surface area contributed by atoms with Crippen molar-refractivity contribution in [2.24, 2.45) is 0 Å². The Kier molecular flexibility index (Phi) is 6.17. The number of hydrogen-bond donors (Lipinski definition) is 2. The van der Waals surface area contributed by atoms with Crippen molar-refractivity contribution >= 4 is 11.9 Å². The number of aliphatic carboxylic acids is 1. The van der Waals surface area contributed by atoms with Crippen LogP contribution in [-0.2, 0) is 20.7 Å². The van der Waals surface area contributed by atoms with Gasteiger partial charge >= 0.3 is 5.97 Å². The van der Waals surface area contributed by atoms with Crippen molar-refractivity contribution in [3.8, 4) is 5.75 Å². The van der Waals surface area contributed by atoms with Gasteiger partial charge in [0.15, 0.2) is 0 Å². The average molecular weight is 295 g/mol. The molecule has 1 unspecified atom stereocenters. The van der Waals surface area contributed by atoms with E-state index >= 15 is 0 Å². The molecule has 0 fully saturated rings. The Morgan fingerprint density at radius 1 is 1.33 bits per heavy atom. The summed E-state index contributed by atoms with van der Waals surface area (Å²) >= 11 is 0. The highest BCUT2D eigenvalue weighted by molar-refractivity contribution is 5.80. The standard InChI is InChI=1S/C15H21NO5/c1-15(10-20-2,9-14(18)19)16-13(17)8-11-5-4-6-12(7-11)21-3/h4-7H,8-10H2,1-3H3,(H,16,17)(H,18,19). The molecule has 0 aromatic heterocycles. The monoisotopic (exact) mass is 295 g/mol. The molecule has 0 bridgehead atoms. The molecule has 0 saturated heterocycles. The van der Waals surface area contributed by atoms with Crippen molar-refractivity contribution in [2.75, 3.05) is 20.8 Å². The highest BCUT2D eigenvalue weighted by Crippen LogP contribution is 2.14. The van der Waals surface area contributed by atoms with Gasteiger partial charge in [-0.05, 0) is 24.6 Å². The second-order valence-corrected chi connectivity index (χ2v) is 5.14. The van der Waals surface area contributed by atoms with Crippen LogP contribution in [0.1, 0.15) is 18.9 Å². The van der Waals surface area contributed by atoms with Gasteiger partial charge in [0.05, 0.1) is 32.1 Å². The largest absolute Gasteiger partial charge is 0.497 e. The van der Waals surface area contributed by atoms with Crippen LogP contribution in [0, 0.1) is 0 Å². The molecule has 1 aromatic carbocycles. The van der Waals surface area contributed by atoms with E-state index in [1.165, 1.54) is 7.11 Å². The minimum atomic E-state index is -0.990. The lowest BCUT2D eigenvalue weighted by Gasteiger charge is -2.28. The van der Waals surface area contributed by atoms with E-state index in [9.17, 15) is 9.59 Å². The molecule has 6 nitrogen and oxygen atoms in total. The third-order valence-corrected chi connectivity index (χ3v) is 2.94. The zero-order valence-corrected chi connectivity index (χ0v) is 12.5. The Morgan fingerprint density at radius 2 is 2.05 bits per heavy atom. The first-order valence-electron chi connectivity index (χ1n) is 6.53. The van der Waals surface area contributed by atoms with Crippen LogP contribution in [0.25, 0.3) is 0 Å². The molecule has 0 spiro atoms. The number of carbonyl (C=O) groups excluding carboxylic acids is 1. The summed E-state index contributed by atoms with van der Waals surface area (Å²) in [5, 5.41) is 11.6. The number of ether oxygens (including phenoxy) is 2. The summed E-state index contributed by atoms with van der Waals surface area (Å²) in [4.78, 5) is 23.0. The molecule has 0 aliphatic carbocycles. The number of hydrogen-bond acceptors (Lipinski definition) is 4. The Morgan fingerprint density at radius 3 is 2.62 bits per heavy atom. The van der Waals surface area contributed by atoms with Crippen LogP contribution < -0.4 is 10.1 Å². The van der Waals surface area contributed by atoms with Gasteiger partial charge in [0.1, 0.15) is 5.75 Å². The molecule has 0 aliphatic rings. The number of methoxy groups -OCH3 is 2. The summed E-state index contributed by atoms with van der Waals surface area (Å²) in [6.45, 7) is 1.78. The molecule has 0 radical (unpaired) electrons. The van der Waals surface area contributed by atoms with E-state index in [0.29, 0.717) is 5.75 Å². The molecular weight excluding hydrogens is 274 g/mol. The van der Waals surface area contributed by atoms with Gasteiger partial charge in [-0.15, -0.1) is 0 Å². The predicted molar refractivity (Wildman–Crippen MR) is 77.4 cm³/mol. The van der Waals surface area contributed by atoms with Crippen LogP contribution in [0.5, 0.6) is 5.75 Å². The fourth-order valence-corrected chi connectivity index (χ4v) is 2.13. The zero-order chi connectivity index (χ0) is 15.9. The summed E-state index contributed by atoms with van der Waals surface area (Å²) in [6, 6.07) is 7.17. The summed E-state index contributed by atoms with van der Waals surface area (Å²) in [7, 11) is 3.02. The molecule has 6 heteroatoms. The van der Waals surface area contributed by atoms with Crippen LogP contribution in [0.4, 0.5) is 0 Å². The van der Waals surface area contributed by atoms with Gasteiger partial charge in [-0.3, -0.25) is 9.59 Å². The third kappa shape index (κ3) is 5.83. The summed E-state index contributed by atoms with van der Waals surface area (Å²) in [6.07, 6.45) is -0.0547. The van der Waals surface area contributed by atoms with Crippen LogP contribution in [0.2, 0.25) is 0 Å². The molecule has 116 valence electrons. The molecule has 2 N–H and O–H groups in total. The van der Waals surface area contributed by atoms with Gasteiger partial charge in [0, 0.05) is 7.11 Å². The van der Waals surface area contributed by atoms with Crippen molar-refractivity contribution in [3.05, 3.63) is 29.8 Å². The number of rotatable bonds is 8. The highest BCUT2D eigenvalue weighted by Gasteiger charge is 2.29. The smallest absolute Gasteiger partial charge is 0.305 e. The SMILES string of the molecule is COCC(C)(CC(=O)O)NC(=O)Cc1cccc(OC)c1. The highest BCUT2D eigenvalue weighted by atomic mass is 16.5. The van der Waals surface area contributed by atoms with Crippen LogP contribution in [0.3, 0.4) is 0 Å². The minimum absolute atomic E-state index is 0.128. The fraction of sp³-hybridized carbons (Fsp3) is 0.467. The van der Waals surface area contributed by atoms with Crippen LogP contribution in [0.15, 0.2) is 24.3 Å². The Labute approximate surface area is 124 Å².